The molecule has 0 unspecified atom stereocenters. The van der Waals surface area contributed by atoms with Crippen LogP contribution in [0.4, 0.5) is 9.59 Å². The van der Waals surface area contributed by atoms with Gasteiger partial charge in [-0.25, -0.2) is 9.59 Å². The molecule has 0 fully saturated rings. The third-order valence-electron chi connectivity index (χ3n) is 3.06. The fraction of sp³-hybridized carbons (Fsp3) is 0.100. The smallest absolute Gasteiger partial charge is 0.421 e. The summed E-state index contributed by atoms with van der Waals surface area (Å²) < 4.78 is 19.2. The number of halogens is 1. The highest BCUT2D eigenvalue weighted by molar-refractivity contribution is 6.32. The van der Waals surface area contributed by atoms with Crippen molar-refractivity contribution in [2.45, 2.75) is 0 Å². The molecule has 0 bridgehead atoms. The Labute approximate surface area is 160 Å². The molecule has 0 aliphatic rings. The highest BCUT2D eigenvalue weighted by Gasteiger charge is 2.11. The maximum atomic E-state index is 11.4. The standard InChI is InChI=1S/C20H13ClO6/c1-3-11-24-19(22)26-16-8-5-14(6-9-16)15-7-10-18(17(21)13-15)27-20(23)25-12-4-2/h1-2,5-10,13H,11-12H2. The van der Waals surface area contributed by atoms with Gasteiger partial charge in [-0.1, -0.05) is 41.6 Å². The number of hydrogen-bond donors (Lipinski definition) is 0. The van der Waals surface area contributed by atoms with Crippen LogP contribution in [0.25, 0.3) is 11.1 Å². The molecule has 2 aromatic carbocycles. The summed E-state index contributed by atoms with van der Waals surface area (Å²) in [6.45, 7) is -0.362. The van der Waals surface area contributed by atoms with Crippen LogP contribution >= 0.6 is 11.6 Å². The van der Waals surface area contributed by atoms with E-state index in [0.29, 0.717) is 5.75 Å². The van der Waals surface area contributed by atoms with Crippen molar-refractivity contribution < 1.29 is 28.5 Å². The van der Waals surface area contributed by atoms with Gasteiger partial charge in [0, 0.05) is 0 Å². The van der Waals surface area contributed by atoms with Gasteiger partial charge in [-0.2, -0.15) is 0 Å². The van der Waals surface area contributed by atoms with Crippen LogP contribution in [0.2, 0.25) is 5.02 Å². The van der Waals surface area contributed by atoms with E-state index in [1.54, 1.807) is 36.4 Å². The zero-order valence-electron chi connectivity index (χ0n) is 13.9. The molecule has 0 saturated heterocycles. The van der Waals surface area contributed by atoms with Crippen LogP contribution in [0.1, 0.15) is 0 Å². The third kappa shape index (κ3) is 6.00. The van der Waals surface area contributed by atoms with Crippen molar-refractivity contribution in [1.29, 1.82) is 0 Å². The molecule has 0 aliphatic carbocycles. The maximum Gasteiger partial charge on any atom is 0.514 e. The van der Waals surface area contributed by atoms with Crippen LogP contribution < -0.4 is 9.47 Å². The second-order valence-electron chi connectivity index (χ2n) is 4.86. The van der Waals surface area contributed by atoms with E-state index in [1.165, 1.54) is 6.07 Å². The largest absolute Gasteiger partial charge is 0.514 e. The van der Waals surface area contributed by atoms with Gasteiger partial charge in [0.25, 0.3) is 0 Å². The van der Waals surface area contributed by atoms with Gasteiger partial charge in [0.1, 0.15) is 5.75 Å². The molecule has 2 aromatic rings. The Hall–Kier alpha value is -3.61. The van der Waals surface area contributed by atoms with Crippen molar-refractivity contribution in [3.8, 4) is 47.3 Å². The number of carbonyl (C=O) groups excluding carboxylic acids is 2. The molecule has 27 heavy (non-hydrogen) atoms. The van der Waals surface area contributed by atoms with Crippen LogP contribution in [0.3, 0.4) is 0 Å². The van der Waals surface area contributed by atoms with Gasteiger partial charge in [-0.05, 0) is 35.4 Å². The monoisotopic (exact) mass is 384 g/mol. The average Bonchev–Trinajstić information content (AvgIpc) is 2.67. The molecular weight excluding hydrogens is 372 g/mol. The first-order valence-electron chi connectivity index (χ1n) is 7.49. The van der Waals surface area contributed by atoms with E-state index < -0.39 is 12.3 Å². The lowest BCUT2D eigenvalue weighted by Gasteiger charge is -2.09. The maximum absolute atomic E-state index is 11.4. The normalized spacial score (nSPS) is 9.44. The molecule has 0 heterocycles. The summed E-state index contributed by atoms with van der Waals surface area (Å²) in [5.41, 5.74) is 1.55. The minimum atomic E-state index is -0.944. The van der Waals surface area contributed by atoms with Crippen molar-refractivity contribution in [2.24, 2.45) is 0 Å². The summed E-state index contributed by atoms with van der Waals surface area (Å²) >= 11 is 6.13. The Morgan fingerprint density at radius 3 is 1.96 bits per heavy atom. The topological polar surface area (TPSA) is 71.1 Å². The minimum Gasteiger partial charge on any atom is -0.421 e. The number of benzene rings is 2. The first kappa shape index (κ1) is 19.7. The molecule has 6 nitrogen and oxygen atoms in total. The third-order valence-corrected chi connectivity index (χ3v) is 3.36. The molecule has 0 amide bonds. The van der Waals surface area contributed by atoms with Crippen LogP contribution in [0.5, 0.6) is 11.5 Å². The van der Waals surface area contributed by atoms with Crippen LogP contribution in [0.15, 0.2) is 42.5 Å². The predicted octanol–water partition coefficient (Wildman–Crippen LogP) is 4.30. The Morgan fingerprint density at radius 1 is 0.852 bits per heavy atom. The van der Waals surface area contributed by atoms with Crippen molar-refractivity contribution in [2.75, 3.05) is 13.2 Å². The molecular formula is C20H13ClO6. The summed E-state index contributed by atoms with van der Waals surface area (Å²) in [7, 11) is 0. The van der Waals surface area contributed by atoms with Crippen LogP contribution in [-0.2, 0) is 9.47 Å². The number of ether oxygens (including phenoxy) is 4. The van der Waals surface area contributed by atoms with Gasteiger partial charge in [0.15, 0.2) is 19.0 Å². The predicted molar refractivity (Wildman–Crippen MR) is 98.5 cm³/mol. The van der Waals surface area contributed by atoms with Crippen LogP contribution in [0, 0.1) is 24.7 Å². The van der Waals surface area contributed by atoms with Crippen molar-refractivity contribution in [3.05, 3.63) is 47.5 Å². The average molecular weight is 385 g/mol. The highest BCUT2D eigenvalue weighted by atomic mass is 35.5. The van der Waals surface area contributed by atoms with Gasteiger partial charge in [-0.15, -0.1) is 12.8 Å². The molecule has 7 heteroatoms. The fourth-order valence-electron chi connectivity index (χ4n) is 1.92. The van der Waals surface area contributed by atoms with E-state index >= 15 is 0 Å². The molecule has 0 saturated carbocycles. The SMILES string of the molecule is C#CCOC(=O)Oc1ccc(-c2ccc(OC(=O)OCC#C)c(Cl)c2)cc1. The minimum absolute atomic E-state index is 0.138. The van der Waals surface area contributed by atoms with Crippen molar-refractivity contribution in [3.63, 3.8) is 0 Å². The Balaban J connectivity index is 2.05. The number of hydrogen-bond acceptors (Lipinski definition) is 6. The number of carbonyl (C=O) groups is 2. The van der Waals surface area contributed by atoms with E-state index in [-0.39, 0.29) is 24.0 Å². The van der Waals surface area contributed by atoms with Gasteiger partial charge < -0.3 is 18.9 Å². The second-order valence-corrected chi connectivity index (χ2v) is 5.27. The summed E-state index contributed by atoms with van der Waals surface area (Å²) in [6, 6.07) is 11.4. The molecule has 0 aliphatic heterocycles. The molecule has 0 N–H and O–H groups in total. The Kier molecular flexibility index (Phi) is 7.13. The Morgan fingerprint density at radius 2 is 1.41 bits per heavy atom. The molecule has 136 valence electrons. The van der Waals surface area contributed by atoms with Gasteiger partial charge in [0.2, 0.25) is 0 Å². The van der Waals surface area contributed by atoms with Gasteiger partial charge in [-0.3, -0.25) is 0 Å². The molecule has 0 radical (unpaired) electrons. The lowest BCUT2D eigenvalue weighted by atomic mass is 10.1. The van der Waals surface area contributed by atoms with Crippen molar-refractivity contribution in [1.82, 2.24) is 0 Å². The van der Waals surface area contributed by atoms with Crippen molar-refractivity contribution >= 4 is 23.9 Å². The zero-order chi connectivity index (χ0) is 19.6. The lowest BCUT2D eigenvalue weighted by molar-refractivity contribution is 0.110. The summed E-state index contributed by atoms with van der Waals surface area (Å²) in [4.78, 5) is 22.8. The van der Waals surface area contributed by atoms with E-state index in [9.17, 15) is 9.59 Å². The zero-order valence-corrected chi connectivity index (χ0v) is 14.7. The van der Waals surface area contributed by atoms with Crippen LogP contribution in [-0.4, -0.2) is 25.5 Å². The lowest BCUT2D eigenvalue weighted by Crippen LogP contribution is -2.10. The highest BCUT2D eigenvalue weighted by Crippen LogP contribution is 2.31. The van der Waals surface area contributed by atoms with E-state index in [0.717, 1.165) is 11.1 Å². The molecule has 0 atom stereocenters. The van der Waals surface area contributed by atoms with E-state index in [2.05, 4.69) is 21.3 Å². The molecule has 0 spiro atoms. The summed E-state index contributed by atoms with van der Waals surface area (Å²) in [6.07, 6.45) is 8.15. The summed E-state index contributed by atoms with van der Waals surface area (Å²) in [5.74, 6) is 4.75. The van der Waals surface area contributed by atoms with E-state index in [4.69, 9.17) is 33.9 Å². The number of rotatable bonds is 5. The van der Waals surface area contributed by atoms with Gasteiger partial charge >= 0.3 is 12.3 Å². The summed E-state index contributed by atoms with van der Waals surface area (Å²) in [5, 5.41) is 0.211. The fourth-order valence-corrected chi connectivity index (χ4v) is 2.14. The quantitative estimate of drug-likeness (QED) is 0.434. The molecule has 0 aromatic heterocycles. The van der Waals surface area contributed by atoms with E-state index in [1.807, 2.05) is 0 Å². The van der Waals surface area contributed by atoms with Gasteiger partial charge in [0.05, 0.1) is 5.02 Å². The molecule has 2 rings (SSSR count). The first-order valence-corrected chi connectivity index (χ1v) is 7.87. The second kappa shape index (κ2) is 9.76. The number of terminal acetylenes is 2. The first-order chi connectivity index (χ1) is 13.0. The Bertz CT molecular complexity index is 906.